The quantitative estimate of drug-likeness (QED) is 0.684. The Hall–Kier alpha value is -2.74. The van der Waals surface area contributed by atoms with Crippen LogP contribution in [0.1, 0.15) is 11.1 Å². The van der Waals surface area contributed by atoms with Gasteiger partial charge in [-0.3, -0.25) is 0 Å². The molecule has 1 aliphatic heterocycles. The topological polar surface area (TPSA) is 48.5 Å². The molecule has 0 bridgehead atoms. The minimum absolute atomic E-state index is 0.410. The van der Waals surface area contributed by atoms with Crippen LogP contribution in [0.2, 0.25) is 0 Å². The number of carbonyl (C=O) groups is 1. The van der Waals surface area contributed by atoms with E-state index >= 15 is 0 Å². The van der Waals surface area contributed by atoms with Crippen molar-refractivity contribution in [1.82, 2.24) is 9.88 Å². The van der Waals surface area contributed by atoms with Crippen LogP contribution in [0.5, 0.6) is 0 Å². The minimum Gasteiger partial charge on any atom is -0.345 e. The van der Waals surface area contributed by atoms with Gasteiger partial charge in [0.15, 0.2) is 5.13 Å². The smallest absolute Gasteiger partial charge is 0.322 e. The molecule has 0 spiro atoms. The molecule has 5 nitrogen and oxygen atoms in total. The number of nitrogens with one attached hydrogen (secondary N) is 1. The average molecular weight is 402 g/mol. The Bertz CT molecular complexity index is 1020. The highest BCUT2D eigenvalue weighted by atomic mass is 32.1. The Morgan fingerprint density at radius 2 is 1.75 bits per heavy atom. The number of para-hydroxylation sites is 1. The first kappa shape index (κ1) is 18.6. The summed E-state index contributed by atoms with van der Waals surface area (Å²) in [5.41, 5.74) is 3.01. The van der Waals surface area contributed by atoms with E-state index in [1.807, 2.05) is 0 Å². The number of nitrogens with zero attached hydrogens (tertiary/aromatic N) is 3. The zero-order valence-corrected chi connectivity index (χ0v) is 16.4. The minimum atomic E-state index is -0.785. The Morgan fingerprint density at radius 3 is 2.43 bits per heavy atom. The van der Waals surface area contributed by atoms with Gasteiger partial charge in [-0.05, 0) is 43.2 Å². The van der Waals surface area contributed by atoms with Crippen molar-refractivity contribution in [3.8, 4) is 0 Å². The molecule has 1 N–H and O–H groups in total. The van der Waals surface area contributed by atoms with Crippen LogP contribution in [0, 0.1) is 25.5 Å². The number of urea groups is 1. The lowest BCUT2D eigenvalue weighted by Gasteiger charge is -2.34. The van der Waals surface area contributed by atoms with E-state index < -0.39 is 23.4 Å². The number of thiazole rings is 1. The second-order valence-electron chi connectivity index (χ2n) is 6.85. The van der Waals surface area contributed by atoms with Crippen molar-refractivity contribution in [2.75, 3.05) is 36.4 Å². The lowest BCUT2D eigenvalue weighted by molar-refractivity contribution is 0.208. The van der Waals surface area contributed by atoms with Crippen LogP contribution in [-0.4, -0.2) is 42.1 Å². The molecule has 3 aromatic rings. The fourth-order valence-corrected chi connectivity index (χ4v) is 4.33. The summed E-state index contributed by atoms with van der Waals surface area (Å²) in [6, 6.07) is 7.19. The van der Waals surface area contributed by atoms with Gasteiger partial charge in [0.05, 0.1) is 10.2 Å². The summed E-state index contributed by atoms with van der Waals surface area (Å²) < 4.78 is 28.6. The molecule has 2 aromatic carbocycles. The molecule has 1 fully saturated rings. The molecule has 146 valence electrons. The number of hydrogen-bond donors (Lipinski definition) is 1. The standard InChI is InChI=1S/C20H20F2N4OS/c1-12-6-7-16-17(13(12)2)24-20(28-16)26-10-8-25(9-11-26)19(27)23-18-14(21)4-3-5-15(18)22/h3-7H,8-11H2,1-2H3,(H,23,27). The first-order valence-electron chi connectivity index (χ1n) is 9.05. The van der Waals surface area contributed by atoms with Crippen molar-refractivity contribution in [3.05, 3.63) is 53.1 Å². The number of anilines is 2. The molecule has 0 radical (unpaired) electrons. The maximum atomic E-state index is 13.7. The van der Waals surface area contributed by atoms with E-state index in [-0.39, 0.29) is 0 Å². The van der Waals surface area contributed by atoms with Crippen LogP contribution < -0.4 is 10.2 Å². The number of carbonyl (C=O) groups excluding carboxylic acids is 1. The Labute approximate surface area is 165 Å². The molecule has 0 saturated carbocycles. The van der Waals surface area contributed by atoms with E-state index in [1.54, 1.807) is 16.2 Å². The summed E-state index contributed by atoms with van der Waals surface area (Å²) in [6.45, 7) is 6.29. The molecular formula is C20H20F2N4OS. The van der Waals surface area contributed by atoms with Gasteiger partial charge in [0.2, 0.25) is 0 Å². The van der Waals surface area contributed by atoms with Crippen LogP contribution in [0.4, 0.5) is 24.4 Å². The summed E-state index contributed by atoms with van der Waals surface area (Å²) >= 11 is 1.64. The van der Waals surface area contributed by atoms with Crippen molar-refractivity contribution in [2.24, 2.45) is 0 Å². The van der Waals surface area contributed by atoms with Crippen molar-refractivity contribution in [2.45, 2.75) is 13.8 Å². The molecule has 1 saturated heterocycles. The molecule has 0 unspecified atom stereocenters. The molecule has 2 heterocycles. The Balaban J connectivity index is 1.43. The van der Waals surface area contributed by atoms with Gasteiger partial charge in [-0.15, -0.1) is 0 Å². The molecule has 2 amide bonds. The summed E-state index contributed by atoms with van der Waals surface area (Å²) in [4.78, 5) is 20.9. The molecule has 1 aliphatic rings. The van der Waals surface area contributed by atoms with Crippen LogP contribution >= 0.6 is 11.3 Å². The third-order valence-electron chi connectivity index (χ3n) is 5.11. The second kappa shape index (κ2) is 7.35. The number of rotatable bonds is 2. The van der Waals surface area contributed by atoms with Crippen LogP contribution in [0.3, 0.4) is 0 Å². The van der Waals surface area contributed by atoms with Gasteiger partial charge < -0.3 is 15.1 Å². The number of fused-ring (bicyclic) bond motifs is 1. The monoisotopic (exact) mass is 402 g/mol. The zero-order valence-electron chi connectivity index (χ0n) is 15.6. The van der Waals surface area contributed by atoms with E-state index in [1.165, 1.54) is 17.2 Å². The number of aryl methyl sites for hydroxylation is 2. The lowest BCUT2D eigenvalue weighted by atomic mass is 10.1. The van der Waals surface area contributed by atoms with E-state index in [9.17, 15) is 13.6 Å². The maximum absolute atomic E-state index is 13.7. The van der Waals surface area contributed by atoms with Crippen molar-refractivity contribution in [1.29, 1.82) is 0 Å². The Morgan fingerprint density at radius 1 is 1.07 bits per heavy atom. The predicted octanol–water partition coefficient (Wildman–Crippen LogP) is 4.55. The number of benzene rings is 2. The van der Waals surface area contributed by atoms with Gasteiger partial charge in [-0.1, -0.05) is 23.5 Å². The van der Waals surface area contributed by atoms with E-state index in [0.717, 1.165) is 27.5 Å². The van der Waals surface area contributed by atoms with Gasteiger partial charge in [0, 0.05) is 26.2 Å². The van der Waals surface area contributed by atoms with Gasteiger partial charge in [0.1, 0.15) is 17.3 Å². The summed E-state index contributed by atoms with van der Waals surface area (Å²) in [5, 5.41) is 3.28. The average Bonchev–Trinajstić information content (AvgIpc) is 3.13. The van der Waals surface area contributed by atoms with Crippen molar-refractivity contribution in [3.63, 3.8) is 0 Å². The first-order valence-corrected chi connectivity index (χ1v) is 9.87. The number of hydrogen-bond acceptors (Lipinski definition) is 4. The van der Waals surface area contributed by atoms with Gasteiger partial charge in [-0.2, -0.15) is 0 Å². The highest BCUT2D eigenvalue weighted by Crippen LogP contribution is 2.32. The number of aromatic nitrogens is 1. The third kappa shape index (κ3) is 3.40. The first-order chi connectivity index (χ1) is 13.4. The largest absolute Gasteiger partial charge is 0.345 e. The van der Waals surface area contributed by atoms with Crippen molar-refractivity contribution >= 4 is 38.4 Å². The molecule has 0 atom stereocenters. The molecule has 0 aliphatic carbocycles. The fraction of sp³-hybridized carbons (Fsp3) is 0.300. The van der Waals surface area contributed by atoms with Gasteiger partial charge >= 0.3 is 6.03 Å². The Kier molecular flexibility index (Phi) is 4.89. The van der Waals surface area contributed by atoms with Crippen LogP contribution in [0.25, 0.3) is 10.2 Å². The highest BCUT2D eigenvalue weighted by Gasteiger charge is 2.24. The molecular weight excluding hydrogens is 382 g/mol. The summed E-state index contributed by atoms with van der Waals surface area (Å²) in [5.74, 6) is -1.57. The van der Waals surface area contributed by atoms with Crippen LogP contribution in [0.15, 0.2) is 30.3 Å². The molecule has 4 rings (SSSR count). The van der Waals surface area contributed by atoms with Gasteiger partial charge in [0.25, 0.3) is 0 Å². The van der Waals surface area contributed by atoms with Gasteiger partial charge in [-0.25, -0.2) is 18.6 Å². The number of halogens is 2. The molecule has 1 aromatic heterocycles. The van der Waals surface area contributed by atoms with E-state index in [2.05, 4.69) is 36.2 Å². The third-order valence-corrected chi connectivity index (χ3v) is 6.19. The van der Waals surface area contributed by atoms with E-state index in [0.29, 0.717) is 26.2 Å². The normalized spacial score (nSPS) is 14.6. The van der Waals surface area contributed by atoms with Crippen LogP contribution in [-0.2, 0) is 0 Å². The molecule has 8 heteroatoms. The zero-order chi connectivity index (χ0) is 19.8. The van der Waals surface area contributed by atoms with Crippen molar-refractivity contribution < 1.29 is 13.6 Å². The summed E-state index contributed by atoms with van der Waals surface area (Å²) in [7, 11) is 0. The summed E-state index contributed by atoms with van der Waals surface area (Å²) in [6.07, 6.45) is 0. The fourth-order valence-electron chi connectivity index (χ4n) is 3.25. The lowest BCUT2D eigenvalue weighted by Crippen LogP contribution is -2.50. The maximum Gasteiger partial charge on any atom is 0.322 e. The second-order valence-corrected chi connectivity index (χ2v) is 7.86. The SMILES string of the molecule is Cc1ccc2sc(N3CCN(C(=O)Nc4c(F)cccc4F)CC3)nc2c1C. The highest BCUT2D eigenvalue weighted by molar-refractivity contribution is 7.22. The number of amides is 2. The van der Waals surface area contributed by atoms with E-state index in [4.69, 9.17) is 4.98 Å². The molecule has 28 heavy (non-hydrogen) atoms. The number of piperazine rings is 1. The predicted molar refractivity (Wildman–Crippen MR) is 108 cm³/mol.